The molecule has 242 valence electrons. The van der Waals surface area contributed by atoms with Crippen molar-refractivity contribution in [2.45, 2.75) is 70.5 Å². The van der Waals surface area contributed by atoms with Gasteiger partial charge >= 0.3 is 0 Å². The maximum Gasteiger partial charge on any atom is 0.243 e. The Morgan fingerprint density at radius 3 is 2.27 bits per heavy atom. The van der Waals surface area contributed by atoms with Crippen molar-refractivity contribution in [2.24, 2.45) is 0 Å². The lowest BCUT2D eigenvalue weighted by Gasteiger charge is -2.33. The van der Waals surface area contributed by atoms with E-state index in [1.165, 1.54) is 4.31 Å². The van der Waals surface area contributed by atoms with E-state index in [9.17, 15) is 18.0 Å². The van der Waals surface area contributed by atoms with E-state index >= 15 is 0 Å². The van der Waals surface area contributed by atoms with Crippen LogP contribution in [0.15, 0.2) is 78.9 Å². The van der Waals surface area contributed by atoms with Crippen LogP contribution in [0.1, 0.15) is 56.6 Å². The third-order valence-corrected chi connectivity index (χ3v) is 9.24. The zero-order valence-corrected chi connectivity index (χ0v) is 27.3. The number of hydrogen-bond donors (Lipinski definition) is 1. The van der Waals surface area contributed by atoms with Crippen molar-refractivity contribution < 1.29 is 27.5 Å². The number of sulfonamides is 1. The molecule has 2 amide bonds. The predicted molar refractivity (Wildman–Crippen MR) is 177 cm³/mol. The van der Waals surface area contributed by atoms with Crippen LogP contribution in [0, 0.1) is 0 Å². The molecule has 0 bridgehead atoms. The number of ether oxygens (including phenoxy) is 2. The van der Waals surface area contributed by atoms with E-state index < -0.39 is 16.1 Å². The van der Waals surface area contributed by atoms with Crippen LogP contribution in [0.3, 0.4) is 0 Å². The fourth-order valence-corrected chi connectivity index (χ4v) is 6.73. The lowest BCUT2D eigenvalue weighted by molar-refractivity contribution is -0.141. The van der Waals surface area contributed by atoms with Gasteiger partial charge in [-0.15, -0.1) is 0 Å². The first kappa shape index (κ1) is 33.8. The average Bonchev–Trinajstić information content (AvgIpc) is 3.54. The molecule has 1 aliphatic rings. The molecule has 10 heteroatoms. The van der Waals surface area contributed by atoms with Gasteiger partial charge in [0.15, 0.2) is 0 Å². The highest BCUT2D eigenvalue weighted by atomic mass is 32.2. The van der Waals surface area contributed by atoms with Gasteiger partial charge in [0.2, 0.25) is 21.8 Å². The van der Waals surface area contributed by atoms with Crippen molar-refractivity contribution >= 4 is 27.5 Å². The highest BCUT2D eigenvalue weighted by Gasteiger charge is 2.32. The third-order valence-electron chi connectivity index (χ3n) is 8.05. The predicted octanol–water partition coefficient (Wildman–Crippen LogP) is 5.34. The van der Waals surface area contributed by atoms with Gasteiger partial charge in [0, 0.05) is 32.0 Å². The lowest BCUT2D eigenvalue weighted by Crippen LogP contribution is -2.52. The summed E-state index contributed by atoms with van der Waals surface area (Å²) in [4.78, 5) is 29.6. The number of methoxy groups -OCH3 is 1. The molecule has 1 fully saturated rings. The monoisotopic (exact) mass is 635 g/mol. The Bertz CT molecular complexity index is 1490. The molecule has 1 aliphatic carbocycles. The Hall–Kier alpha value is -4.05. The Morgan fingerprint density at radius 2 is 1.62 bits per heavy atom. The summed E-state index contributed by atoms with van der Waals surface area (Å²) in [6, 6.07) is 23.4. The number of amides is 2. The molecule has 0 aromatic heterocycles. The number of hydrogen-bond acceptors (Lipinski definition) is 6. The molecule has 1 unspecified atom stereocenters. The number of carbonyl (C=O) groups excluding carboxylic acids is 2. The maximum atomic E-state index is 14.1. The Kier molecular flexibility index (Phi) is 12.3. The minimum Gasteiger partial charge on any atom is -0.497 e. The first-order valence-corrected chi connectivity index (χ1v) is 17.5. The Morgan fingerprint density at radius 1 is 0.933 bits per heavy atom. The van der Waals surface area contributed by atoms with Crippen LogP contribution < -0.4 is 19.1 Å². The lowest BCUT2D eigenvalue weighted by atomic mass is 10.0. The van der Waals surface area contributed by atoms with Crippen LogP contribution in [0.5, 0.6) is 11.5 Å². The van der Waals surface area contributed by atoms with Crippen molar-refractivity contribution in [3.05, 3.63) is 90.0 Å². The molecule has 0 radical (unpaired) electrons. The SMILES string of the molecule is CCOc1ccc(N(CCCC(=O)N(Cc2cccc(OC)c2)C(Cc2ccccc2)C(=O)NC2CCCC2)S(C)(=O)=O)cc1. The van der Waals surface area contributed by atoms with Crippen molar-refractivity contribution in [3.63, 3.8) is 0 Å². The van der Waals surface area contributed by atoms with Crippen molar-refractivity contribution in [1.82, 2.24) is 10.2 Å². The van der Waals surface area contributed by atoms with Crippen LogP contribution in [0.2, 0.25) is 0 Å². The molecule has 0 saturated heterocycles. The summed E-state index contributed by atoms with van der Waals surface area (Å²) in [5, 5.41) is 3.22. The minimum absolute atomic E-state index is 0.0645. The largest absolute Gasteiger partial charge is 0.497 e. The van der Waals surface area contributed by atoms with Gasteiger partial charge in [0.25, 0.3) is 0 Å². The second-order valence-corrected chi connectivity index (χ2v) is 13.3. The summed E-state index contributed by atoms with van der Waals surface area (Å²) in [7, 11) is -2.02. The van der Waals surface area contributed by atoms with Crippen molar-refractivity contribution in [3.8, 4) is 11.5 Å². The molecule has 1 N–H and O–H groups in total. The van der Waals surface area contributed by atoms with Gasteiger partial charge < -0.3 is 19.7 Å². The molecule has 0 spiro atoms. The molecule has 9 nitrogen and oxygen atoms in total. The summed E-state index contributed by atoms with van der Waals surface area (Å²) in [6.45, 7) is 2.71. The van der Waals surface area contributed by atoms with Gasteiger partial charge in [0.05, 0.1) is 25.7 Å². The van der Waals surface area contributed by atoms with Gasteiger partial charge in [-0.2, -0.15) is 0 Å². The molecule has 4 rings (SSSR count). The number of rotatable bonds is 16. The van der Waals surface area contributed by atoms with Crippen LogP contribution in [-0.2, 0) is 32.6 Å². The van der Waals surface area contributed by atoms with E-state index in [2.05, 4.69) is 5.32 Å². The maximum absolute atomic E-state index is 14.1. The second kappa shape index (κ2) is 16.3. The quantitative estimate of drug-likeness (QED) is 0.228. The van der Waals surface area contributed by atoms with Gasteiger partial charge in [0.1, 0.15) is 17.5 Å². The van der Waals surface area contributed by atoms with Gasteiger partial charge in [-0.05, 0) is 73.7 Å². The highest BCUT2D eigenvalue weighted by molar-refractivity contribution is 7.92. The summed E-state index contributed by atoms with van der Waals surface area (Å²) in [6.07, 6.45) is 5.87. The molecule has 0 heterocycles. The first-order chi connectivity index (χ1) is 21.7. The van der Waals surface area contributed by atoms with Crippen LogP contribution in [0.4, 0.5) is 5.69 Å². The smallest absolute Gasteiger partial charge is 0.243 e. The van der Waals surface area contributed by atoms with Crippen molar-refractivity contribution in [1.29, 1.82) is 0 Å². The minimum atomic E-state index is -3.61. The van der Waals surface area contributed by atoms with E-state index in [1.807, 2.05) is 61.5 Å². The van der Waals surface area contributed by atoms with E-state index in [4.69, 9.17) is 9.47 Å². The fraction of sp³-hybridized carbons (Fsp3) is 0.429. The van der Waals surface area contributed by atoms with Crippen LogP contribution in [0.25, 0.3) is 0 Å². The van der Waals surface area contributed by atoms with Gasteiger partial charge in [-0.25, -0.2) is 8.42 Å². The standard InChI is InChI=1S/C35H45N3O6S/c1-4-44-31-21-19-30(20-22-31)38(45(3,41)42)23-11-18-34(39)37(26-28-14-10-17-32(24-28)43-2)33(25-27-12-6-5-7-13-27)35(40)36-29-15-8-9-16-29/h5-7,10,12-14,17,19-22,24,29,33H,4,8-9,11,15-16,18,23,25-26H2,1-3H3,(H,36,40). The molecule has 1 atom stereocenters. The van der Waals surface area contributed by atoms with Gasteiger partial charge in [-0.3, -0.25) is 13.9 Å². The molecule has 1 saturated carbocycles. The molecule has 3 aromatic carbocycles. The first-order valence-electron chi connectivity index (χ1n) is 15.6. The number of anilines is 1. The second-order valence-electron chi connectivity index (χ2n) is 11.4. The molecular weight excluding hydrogens is 590 g/mol. The van der Waals surface area contributed by atoms with Gasteiger partial charge in [-0.1, -0.05) is 55.3 Å². The Labute approximate surface area is 267 Å². The van der Waals surface area contributed by atoms with E-state index in [0.29, 0.717) is 30.2 Å². The fourth-order valence-electron chi connectivity index (χ4n) is 5.77. The summed E-state index contributed by atoms with van der Waals surface area (Å²) < 4.78 is 37.7. The number of carbonyl (C=O) groups is 2. The van der Waals surface area contributed by atoms with E-state index in [1.54, 1.807) is 36.3 Å². The normalized spacial score (nSPS) is 14.0. The summed E-state index contributed by atoms with van der Waals surface area (Å²) >= 11 is 0. The topological polar surface area (TPSA) is 105 Å². The van der Waals surface area contributed by atoms with E-state index in [0.717, 1.165) is 43.1 Å². The molecule has 3 aromatic rings. The summed E-state index contributed by atoms with van der Waals surface area (Å²) in [5.41, 5.74) is 2.28. The Balaban J connectivity index is 1.58. The molecular formula is C35H45N3O6S. The zero-order valence-electron chi connectivity index (χ0n) is 26.5. The zero-order chi connectivity index (χ0) is 32.2. The third kappa shape index (κ3) is 9.97. The highest BCUT2D eigenvalue weighted by Crippen LogP contribution is 2.24. The average molecular weight is 636 g/mol. The number of nitrogens with one attached hydrogen (secondary N) is 1. The molecule has 0 aliphatic heterocycles. The summed E-state index contributed by atoms with van der Waals surface area (Å²) in [5.74, 6) is 0.919. The number of benzene rings is 3. The van der Waals surface area contributed by atoms with Crippen LogP contribution in [-0.4, -0.2) is 63.7 Å². The molecule has 45 heavy (non-hydrogen) atoms. The van der Waals surface area contributed by atoms with E-state index in [-0.39, 0.29) is 43.8 Å². The van der Waals surface area contributed by atoms with Crippen LogP contribution >= 0.6 is 0 Å². The number of nitrogens with zero attached hydrogens (tertiary/aromatic N) is 2. The van der Waals surface area contributed by atoms with Crippen molar-refractivity contribution in [2.75, 3.05) is 30.8 Å².